The van der Waals surface area contributed by atoms with Gasteiger partial charge in [-0.1, -0.05) is 12.1 Å². The molecule has 0 saturated carbocycles. The number of fused-ring (bicyclic) bond motifs is 1. The van der Waals surface area contributed by atoms with Crippen LogP contribution in [-0.4, -0.2) is 58.2 Å². The molecule has 0 bridgehead atoms. The number of aromatic nitrogens is 2. The Morgan fingerprint density at radius 1 is 1.18 bits per heavy atom. The first-order chi connectivity index (χ1) is 16.1. The van der Waals surface area contributed by atoms with E-state index in [-0.39, 0.29) is 11.5 Å². The SMILES string of the molecule is COc1c(F)c(N(C)c2cnc3ccccc3n2)cc(F)c1C(=O)NC(CCC(=O)O)C(=O)O. The lowest BCUT2D eigenvalue weighted by Gasteiger charge is -2.22. The van der Waals surface area contributed by atoms with Crippen molar-refractivity contribution >= 4 is 40.4 Å². The van der Waals surface area contributed by atoms with Gasteiger partial charge in [-0.15, -0.1) is 0 Å². The third kappa shape index (κ3) is 5.00. The summed E-state index contributed by atoms with van der Waals surface area (Å²) in [5, 5.41) is 20.0. The van der Waals surface area contributed by atoms with Gasteiger partial charge in [-0.25, -0.2) is 18.6 Å². The molecule has 0 fully saturated rings. The molecule has 178 valence electrons. The van der Waals surface area contributed by atoms with Crippen molar-refractivity contribution in [2.75, 3.05) is 19.1 Å². The number of carbonyl (C=O) groups is 3. The third-order valence-corrected chi connectivity index (χ3v) is 4.98. The van der Waals surface area contributed by atoms with Crippen molar-refractivity contribution in [3.63, 3.8) is 0 Å². The summed E-state index contributed by atoms with van der Waals surface area (Å²) in [6, 6.07) is 6.08. The van der Waals surface area contributed by atoms with Crippen LogP contribution < -0.4 is 15.0 Å². The normalized spacial score (nSPS) is 11.6. The Kier molecular flexibility index (Phi) is 7.19. The van der Waals surface area contributed by atoms with Gasteiger partial charge >= 0.3 is 11.9 Å². The number of aliphatic carboxylic acids is 2. The molecule has 0 aliphatic rings. The van der Waals surface area contributed by atoms with Crippen LogP contribution in [0.1, 0.15) is 23.2 Å². The number of halogens is 2. The average Bonchev–Trinajstić information content (AvgIpc) is 2.81. The van der Waals surface area contributed by atoms with Crippen LogP contribution in [0.5, 0.6) is 5.75 Å². The summed E-state index contributed by atoms with van der Waals surface area (Å²) in [5.74, 6) is -6.92. The summed E-state index contributed by atoms with van der Waals surface area (Å²) in [6.45, 7) is 0. The standard InChI is InChI=1S/C22H20F2N4O6/c1-28(16-10-25-12-5-3-4-6-13(12)26-16)15-9-11(23)18(20(34-2)19(15)24)21(31)27-14(22(32)33)7-8-17(29)30/h3-6,9-10,14H,7-8H2,1-2H3,(H,27,31)(H,29,30)(H,32,33). The molecule has 10 nitrogen and oxygen atoms in total. The minimum absolute atomic E-state index is 0.191. The summed E-state index contributed by atoms with van der Waals surface area (Å²) in [6.07, 6.45) is 0.360. The molecule has 34 heavy (non-hydrogen) atoms. The zero-order valence-corrected chi connectivity index (χ0v) is 18.1. The van der Waals surface area contributed by atoms with Crippen LogP contribution >= 0.6 is 0 Å². The van der Waals surface area contributed by atoms with Gasteiger partial charge in [0.05, 0.1) is 30.0 Å². The van der Waals surface area contributed by atoms with E-state index in [0.717, 1.165) is 13.2 Å². The lowest BCUT2D eigenvalue weighted by atomic mass is 10.1. The van der Waals surface area contributed by atoms with E-state index in [9.17, 15) is 19.5 Å². The minimum Gasteiger partial charge on any atom is -0.493 e. The predicted octanol–water partition coefficient (Wildman–Crippen LogP) is 2.73. The lowest BCUT2D eigenvalue weighted by molar-refractivity contribution is -0.140. The van der Waals surface area contributed by atoms with Crippen molar-refractivity contribution in [3.8, 4) is 5.75 Å². The molecule has 2 aromatic carbocycles. The molecular weight excluding hydrogens is 454 g/mol. The molecule has 0 radical (unpaired) electrons. The molecule has 1 heterocycles. The lowest BCUT2D eigenvalue weighted by Crippen LogP contribution is -2.41. The zero-order valence-electron chi connectivity index (χ0n) is 18.1. The molecular formula is C22H20F2N4O6. The molecule has 1 aromatic heterocycles. The number of nitrogens with one attached hydrogen (secondary N) is 1. The number of carbonyl (C=O) groups excluding carboxylic acids is 1. The monoisotopic (exact) mass is 474 g/mol. The van der Waals surface area contributed by atoms with Crippen molar-refractivity contribution in [2.45, 2.75) is 18.9 Å². The Labute approximate surface area is 191 Å². The van der Waals surface area contributed by atoms with E-state index in [2.05, 4.69) is 9.97 Å². The van der Waals surface area contributed by atoms with E-state index >= 15 is 8.78 Å². The summed E-state index contributed by atoms with van der Waals surface area (Å²) in [5.41, 5.74) is -0.0389. The number of ether oxygens (including phenoxy) is 1. The van der Waals surface area contributed by atoms with Crippen LogP contribution in [0.15, 0.2) is 36.5 Å². The highest BCUT2D eigenvalue weighted by atomic mass is 19.1. The van der Waals surface area contributed by atoms with Gasteiger partial charge in [0, 0.05) is 19.5 Å². The number of rotatable bonds is 9. The number of amides is 1. The molecule has 0 aliphatic heterocycles. The maximum absolute atomic E-state index is 15.3. The Balaban J connectivity index is 1.97. The summed E-state index contributed by atoms with van der Waals surface area (Å²) in [4.78, 5) is 44.5. The van der Waals surface area contributed by atoms with E-state index in [0.29, 0.717) is 11.0 Å². The van der Waals surface area contributed by atoms with Crippen molar-refractivity contribution in [3.05, 3.63) is 53.7 Å². The van der Waals surface area contributed by atoms with Crippen molar-refractivity contribution in [1.29, 1.82) is 0 Å². The molecule has 3 N–H and O–H groups in total. The van der Waals surface area contributed by atoms with Gasteiger partial charge in [0.25, 0.3) is 5.91 Å². The number of methoxy groups -OCH3 is 1. The summed E-state index contributed by atoms with van der Waals surface area (Å²) < 4.78 is 35.3. The van der Waals surface area contributed by atoms with E-state index < -0.39 is 59.7 Å². The van der Waals surface area contributed by atoms with Gasteiger partial charge < -0.3 is 25.2 Å². The second-order valence-electron chi connectivity index (χ2n) is 7.17. The number of hydrogen-bond donors (Lipinski definition) is 3. The molecule has 0 saturated heterocycles. The summed E-state index contributed by atoms with van der Waals surface area (Å²) in [7, 11) is 2.44. The molecule has 1 amide bonds. The van der Waals surface area contributed by atoms with E-state index in [1.165, 1.54) is 18.1 Å². The number of carboxylic acids is 2. The molecule has 1 atom stereocenters. The van der Waals surface area contributed by atoms with Gasteiger partial charge in [-0.2, -0.15) is 0 Å². The van der Waals surface area contributed by atoms with Crippen LogP contribution in [0.4, 0.5) is 20.3 Å². The highest BCUT2D eigenvalue weighted by Crippen LogP contribution is 2.35. The maximum Gasteiger partial charge on any atom is 0.326 e. The molecule has 0 aliphatic carbocycles. The van der Waals surface area contributed by atoms with Gasteiger partial charge in [-0.05, 0) is 18.6 Å². The minimum atomic E-state index is -1.63. The van der Waals surface area contributed by atoms with Crippen LogP contribution in [0, 0.1) is 11.6 Å². The highest BCUT2D eigenvalue weighted by molar-refractivity contribution is 6.00. The first kappa shape index (κ1) is 24.3. The fourth-order valence-corrected chi connectivity index (χ4v) is 3.23. The van der Waals surface area contributed by atoms with Crippen molar-refractivity contribution in [1.82, 2.24) is 15.3 Å². The number of nitrogens with zero attached hydrogens (tertiary/aromatic N) is 3. The van der Waals surface area contributed by atoms with Crippen molar-refractivity contribution in [2.24, 2.45) is 0 Å². The van der Waals surface area contributed by atoms with Crippen LogP contribution in [-0.2, 0) is 9.59 Å². The predicted molar refractivity (Wildman–Crippen MR) is 116 cm³/mol. The van der Waals surface area contributed by atoms with E-state index in [1.807, 2.05) is 5.32 Å². The van der Waals surface area contributed by atoms with Gasteiger partial charge in [0.15, 0.2) is 17.4 Å². The van der Waals surface area contributed by atoms with Crippen LogP contribution in [0.3, 0.4) is 0 Å². The first-order valence-corrected chi connectivity index (χ1v) is 9.91. The second-order valence-corrected chi connectivity index (χ2v) is 7.17. The topological polar surface area (TPSA) is 142 Å². The second kappa shape index (κ2) is 10.1. The molecule has 0 spiro atoms. The van der Waals surface area contributed by atoms with Gasteiger partial charge in [0.1, 0.15) is 17.4 Å². The van der Waals surface area contributed by atoms with E-state index in [1.54, 1.807) is 24.3 Å². The average molecular weight is 474 g/mol. The largest absolute Gasteiger partial charge is 0.493 e. The first-order valence-electron chi connectivity index (χ1n) is 9.91. The maximum atomic E-state index is 15.3. The number of para-hydroxylation sites is 2. The fraction of sp³-hybridized carbons (Fsp3) is 0.227. The highest BCUT2D eigenvalue weighted by Gasteiger charge is 2.30. The number of anilines is 2. The zero-order chi connectivity index (χ0) is 25.0. The smallest absolute Gasteiger partial charge is 0.326 e. The van der Waals surface area contributed by atoms with Crippen molar-refractivity contribution < 1.29 is 38.1 Å². The van der Waals surface area contributed by atoms with Gasteiger partial charge in [0.2, 0.25) is 0 Å². The summed E-state index contributed by atoms with van der Waals surface area (Å²) >= 11 is 0. The Morgan fingerprint density at radius 3 is 2.47 bits per heavy atom. The molecule has 3 rings (SSSR count). The van der Waals surface area contributed by atoms with E-state index in [4.69, 9.17) is 9.84 Å². The third-order valence-electron chi connectivity index (χ3n) is 4.98. The molecule has 3 aromatic rings. The van der Waals surface area contributed by atoms with Gasteiger partial charge in [-0.3, -0.25) is 14.6 Å². The number of benzene rings is 2. The van der Waals surface area contributed by atoms with Crippen LogP contribution in [0.25, 0.3) is 11.0 Å². The quantitative estimate of drug-likeness (QED) is 0.427. The Bertz CT molecular complexity index is 1270. The number of hydrogen-bond acceptors (Lipinski definition) is 7. The van der Waals surface area contributed by atoms with Crippen LogP contribution in [0.2, 0.25) is 0 Å². The Hall–Kier alpha value is -4.35. The number of carboxylic acid groups (broad SMARTS) is 2. The fourth-order valence-electron chi connectivity index (χ4n) is 3.23. The molecule has 1 unspecified atom stereocenters. The Morgan fingerprint density at radius 2 is 1.85 bits per heavy atom. The molecule has 12 heteroatoms.